The van der Waals surface area contributed by atoms with Crippen molar-refractivity contribution in [1.29, 1.82) is 0 Å². The number of hydrogen-bond donors (Lipinski definition) is 2. The van der Waals surface area contributed by atoms with Gasteiger partial charge in [0.05, 0.1) is 18.4 Å². The van der Waals surface area contributed by atoms with Crippen molar-refractivity contribution < 1.29 is 9.53 Å². The molecule has 1 aliphatic heterocycles. The predicted octanol–water partition coefficient (Wildman–Crippen LogP) is -0.0214. The van der Waals surface area contributed by atoms with Gasteiger partial charge in [-0.05, 0) is 19.8 Å². The van der Waals surface area contributed by atoms with Crippen molar-refractivity contribution in [3.63, 3.8) is 0 Å². The van der Waals surface area contributed by atoms with E-state index in [4.69, 9.17) is 4.74 Å². The number of H-pyrrole nitrogens is 1. The van der Waals surface area contributed by atoms with Crippen LogP contribution in [0.25, 0.3) is 0 Å². The third kappa shape index (κ3) is 3.84. The van der Waals surface area contributed by atoms with Crippen LogP contribution >= 0.6 is 11.8 Å². The van der Waals surface area contributed by atoms with E-state index in [0.29, 0.717) is 18.2 Å². The van der Waals surface area contributed by atoms with E-state index >= 15 is 0 Å². The lowest BCUT2D eigenvalue weighted by atomic mass is 10.2. The molecule has 0 spiro atoms. The molecule has 2 rings (SSSR count). The molecule has 1 aromatic heterocycles. The molecular weight excluding hydrogens is 268 g/mol. The number of nitrogens with zero attached hydrogens (tertiary/aromatic N) is 2. The van der Waals surface area contributed by atoms with Gasteiger partial charge in [0, 0.05) is 13.2 Å². The van der Waals surface area contributed by atoms with E-state index < -0.39 is 0 Å². The molecule has 1 atom stereocenters. The average molecular weight is 286 g/mol. The van der Waals surface area contributed by atoms with Gasteiger partial charge >= 0.3 is 5.69 Å². The second-order valence-corrected chi connectivity index (χ2v) is 5.24. The van der Waals surface area contributed by atoms with Gasteiger partial charge in [-0.15, -0.1) is 5.10 Å². The largest absolute Gasteiger partial charge is 0.376 e. The van der Waals surface area contributed by atoms with Crippen LogP contribution in [0.4, 0.5) is 0 Å². The van der Waals surface area contributed by atoms with Gasteiger partial charge in [0.2, 0.25) is 5.91 Å². The highest BCUT2D eigenvalue weighted by molar-refractivity contribution is 7.99. The molecule has 1 saturated heterocycles. The number of nitrogens with one attached hydrogen (secondary N) is 2. The molecule has 1 aliphatic rings. The van der Waals surface area contributed by atoms with Crippen LogP contribution < -0.4 is 11.0 Å². The zero-order valence-electron chi connectivity index (χ0n) is 10.8. The van der Waals surface area contributed by atoms with Crippen molar-refractivity contribution in [2.24, 2.45) is 0 Å². The molecule has 0 saturated carbocycles. The number of thioether (sulfide) groups is 1. The first-order chi connectivity index (χ1) is 9.20. The molecule has 8 heteroatoms. The van der Waals surface area contributed by atoms with Gasteiger partial charge in [-0.3, -0.25) is 9.36 Å². The fourth-order valence-corrected chi connectivity index (χ4v) is 2.73. The molecular formula is C11H18N4O3S. The van der Waals surface area contributed by atoms with Crippen molar-refractivity contribution in [2.45, 2.75) is 37.6 Å². The Morgan fingerprint density at radius 2 is 2.53 bits per heavy atom. The molecule has 2 N–H and O–H groups in total. The van der Waals surface area contributed by atoms with E-state index in [1.807, 2.05) is 6.92 Å². The Morgan fingerprint density at radius 3 is 3.21 bits per heavy atom. The van der Waals surface area contributed by atoms with E-state index in [0.717, 1.165) is 19.4 Å². The zero-order chi connectivity index (χ0) is 13.7. The standard InChI is InChI=1S/C11H18N4O3S/c1-2-12-9(16)7-19-11-14-13-10(17)15(11)6-8-4-3-5-18-8/h8H,2-7H2,1H3,(H,12,16)(H,13,17). The summed E-state index contributed by atoms with van der Waals surface area (Å²) in [5.74, 6) is 0.190. The summed E-state index contributed by atoms with van der Waals surface area (Å²) >= 11 is 1.25. The summed E-state index contributed by atoms with van der Waals surface area (Å²) in [6, 6.07) is 0. The first kappa shape index (κ1) is 14.1. The van der Waals surface area contributed by atoms with E-state index in [1.54, 1.807) is 4.57 Å². The van der Waals surface area contributed by atoms with Crippen LogP contribution in [0.2, 0.25) is 0 Å². The van der Waals surface area contributed by atoms with Gasteiger partial charge < -0.3 is 10.1 Å². The minimum atomic E-state index is -0.256. The Balaban J connectivity index is 1.96. The topological polar surface area (TPSA) is 89.0 Å². The van der Waals surface area contributed by atoms with E-state index in [1.165, 1.54) is 11.8 Å². The fourth-order valence-electron chi connectivity index (χ4n) is 1.94. The van der Waals surface area contributed by atoms with Crippen molar-refractivity contribution >= 4 is 17.7 Å². The molecule has 7 nitrogen and oxygen atoms in total. The minimum absolute atomic E-state index is 0.0633. The van der Waals surface area contributed by atoms with Crippen LogP contribution in [-0.4, -0.2) is 45.7 Å². The normalized spacial score (nSPS) is 18.7. The van der Waals surface area contributed by atoms with Gasteiger partial charge in [0.25, 0.3) is 0 Å². The monoisotopic (exact) mass is 286 g/mol. The highest BCUT2D eigenvalue weighted by atomic mass is 32.2. The fraction of sp³-hybridized carbons (Fsp3) is 0.727. The summed E-state index contributed by atoms with van der Waals surface area (Å²) in [5.41, 5.74) is -0.256. The highest BCUT2D eigenvalue weighted by Crippen LogP contribution is 2.17. The average Bonchev–Trinajstić information content (AvgIpc) is 3.00. The molecule has 0 bridgehead atoms. The van der Waals surface area contributed by atoms with E-state index in [2.05, 4.69) is 15.5 Å². The first-order valence-corrected chi connectivity index (χ1v) is 7.35. The van der Waals surface area contributed by atoms with Crippen LogP contribution in [-0.2, 0) is 16.1 Å². The Kier molecular flexibility index (Phi) is 5.03. The van der Waals surface area contributed by atoms with Crippen LogP contribution in [0.3, 0.4) is 0 Å². The summed E-state index contributed by atoms with van der Waals surface area (Å²) in [5, 5.41) is 9.60. The number of rotatable bonds is 6. The van der Waals surface area contributed by atoms with Gasteiger partial charge in [0.15, 0.2) is 5.16 Å². The minimum Gasteiger partial charge on any atom is -0.376 e. The Hall–Kier alpha value is -1.28. The molecule has 0 radical (unpaired) electrons. The molecule has 1 aromatic rings. The highest BCUT2D eigenvalue weighted by Gasteiger charge is 2.19. The lowest BCUT2D eigenvalue weighted by Gasteiger charge is -2.10. The van der Waals surface area contributed by atoms with Crippen molar-refractivity contribution in [1.82, 2.24) is 20.1 Å². The van der Waals surface area contributed by atoms with Gasteiger partial charge in [-0.25, -0.2) is 9.89 Å². The molecule has 19 heavy (non-hydrogen) atoms. The summed E-state index contributed by atoms with van der Waals surface area (Å²) in [6.07, 6.45) is 2.05. The van der Waals surface area contributed by atoms with E-state index in [-0.39, 0.29) is 23.5 Å². The summed E-state index contributed by atoms with van der Waals surface area (Å²) in [7, 11) is 0. The predicted molar refractivity (Wildman–Crippen MR) is 71.2 cm³/mol. The number of aromatic nitrogens is 3. The summed E-state index contributed by atoms with van der Waals surface area (Å²) in [4.78, 5) is 23.1. The maximum atomic E-state index is 11.7. The Morgan fingerprint density at radius 1 is 1.68 bits per heavy atom. The van der Waals surface area contributed by atoms with Crippen molar-refractivity contribution in [2.75, 3.05) is 18.9 Å². The maximum absolute atomic E-state index is 11.7. The summed E-state index contributed by atoms with van der Waals surface area (Å²) < 4.78 is 7.05. The molecule has 1 unspecified atom stereocenters. The van der Waals surface area contributed by atoms with Gasteiger partial charge in [-0.2, -0.15) is 0 Å². The zero-order valence-corrected chi connectivity index (χ0v) is 11.7. The van der Waals surface area contributed by atoms with Crippen LogP contribution in [0, 0.1) is 0 Å². The van der Waals surface area contributed by atoms with Crippen molar-refractivity contribution in [3.8, 4) is 0 Å². The molecule has 1 fully saturated rings. The Bertz CT molecular complexity index is 479. The maximum Gasteiger partial charge on any atom is 0.344 e. The van der Waals surface area contributed by atoms with Crippen LogP contribution in [0.5, 0.6) is 0 Å². The summed E-state index contributed by atoms with van der Waals surface area (Å²) in [6.45, 7) is 3.71. The second-order valence-electron chi connectivity index (χ2n) is 4.30. The lowest BCUT2D eigenvalue weighted by Crippen LogP contribution is -2.26. The SMILES string of the molecule is CCNC(=O)CSc1n[nH]c(=O)n1CC1CCCO1. The third-order valence-electron chi connectivity index (χ3n) is 2.84. The molecule has 0 aliphatic carbocycles. The third-order valence-corrected chi connectivity index (χ3v) is 3.82. The lowest BCUT2D eigenvalue weighted by molar-refractivity contribution is -0.118. The van der Waals surface area contributed by atoms with Crippen LogP contribution in [0.1, 0.15) is 19.8 Å². The van der Waals surface area contributed by atoms with E-state index in [9.17, 15) is 9.59 Å². The Labute approximate surface area is 115 Å². The molecule has 106 valence electrons. The first-order valence-electron chi connectivity index (χ1n) is 6.37. The number of hydrogen-bond acceptors (Lipinski definition) is 5. The number of carbonyl (C=O) groups excluding carboxylic acids is 1. The number of ether oxygens (including phenoxy) is 1. The molecule has 0 aromatic carbocycles. The van der Waals surface area contributed by atoms with Gasteiger partial charge in [-0.1, -0.05) is 11.8 Å². The second kappa shape index (κ2) is 6.76. The van der Waals surface area contributed by atoms with Crippen LogP contribution in [0.15, 0.2) is 9.95 Å². The number of carbonyl (C=O) groups is 1. The van der Waals surface area contributed by atoms with Crippen molar-refractivity contribution in [3.05, 3.63) is 10.5 Å². The molecule has 2 heterocycles. The number of amides is 1. The van der Waals surface area contributed by atoms with Gasteiger partial charge in [0.1, 0.15) is 0 Å². The smallest absolute Gasteiger partial charge is 0.344 e. The molecule has 1 amide bonds. The number of aromatic amines is 1. The quantitative estimate of drug-likeness (QED) is 0.717.